The summed E-state index contributed by atoms with van der Waals surface area (Å²) in [6.45, 7) is 6.54. The van der Waals surface area contributed by atoms with E-state index in [-0.39, 0.29) is 11.7 Å². The van der Waals surface area contributed by atoms with E-state index in [9.17, 15) is 4.79 Å². The average Bonchev–Trinajstić information content (AvgIpc) is 3.12. The van der Waals surface area contributed by atoms with Crippen LogP contribution in [-0.4, -0.2) is 26.4 Å². The minimum Gasteiger partial charge on any atom is -0.325 e. The number of hydrogen-bond donors (Lipinski definition) is 1. The molecule has 1 aromatic heterocycles. The topological polar surface area (TPSA) is 59.8 Å². The third-order valence-electron chi connectivity index (χ3n) is 4.19. The van der Waals surface area contributed by atoms with Gasteiger partial charge in [0, 0.05) is 22.5 Å². The van der Waals surface area contributed by atoms with Crippen molar-refractivity contribution in [3.63, 3.8) is 0 Å². The third-order valence-corrected chi connectivity index (χ3v) is 6.68. The number of allylic oxidation sites excluding steroid dienone is 1. The normalized spacial score (nSPS) is 10.7. The fraction of sp³-hybridized carbons (Fsp3) is 0.227. The van der Waals surface area contributed by atoms with Gasteiger partial charge in [0.1, 0.15) is 5.82 Å². The van der Waals surface area contributed by atoms with Crippen LogP contribution in [0.1, 0.15) is 17.0 Å². The van der Waals surface area contributed by atoms with E-state index in [2.05, 4.69) is 69.2 Å². The lowest BCUT2D eigenvalue weighted by molar-refractivity contribution is -0.113. The van der Waals surface area contributed by atoms with E-state index in [4.69, 9.17) is 0 Å². The highest BCUT2D eigenvalue weighted by Crippen LogP contribution is 2.22. The maximum absolute atomic E-state index is 12.3. The summed E-state index contributed by atoms with van der Waals surface area (Å²) in [5.41, 5.74) is 3.32. The molecular formula is C22H23BrN4OS2. The molecule has 0 unspecified atom stereocenters. The number of aromatic nitrogens is 3. The minimum atomic E-state index is -0.0780. The Morgan fingerprint density at radius 1 is 1.13 bits per heavy atom. The first-order valence-corrected chi connectivity index (χ1v) is 12.3. The zero-order valence-electron chi connectivity index (χ0n) is 16.7. The SMILES string of the molecule is C=CCn1c(CSCc2ccc(C)cc2)nnc1SCC(=O)Nc1ccc(Br)cc1. The molecule has 0 saturated heterocycles. The molecule has 2 aromatic carbocycles. The smallest absolute Gasteiger partial charge is 0.234 e. The molecule has 0 bridgehead atoms. The molecule has 0 aliphatic carbocycles. The van der Waals surface area contributed by atoms with E-state index in [1.165, 1.54) is 22.9 Å². The maximum atomic E-state index is 12.3. The highest BCUT2D eigenvalue weighted by molar-refractivity contribution is 9.10. The Labute approximate surface area is 193 Å². The van der Waals surface area contributed by atoms with Gasteiger partial charge in [-0.15, -0.1) is 28.5 Å². The lowest BCUT2D eigenvalue weighted by Gasteiger charge is -2.08. The van der Waals surface area contributed by atoms with E-state index in [1.54, 1.807) is 11.8 Å². The molecule has 0 aliphatic heterocycles. The number of benzene rings is 2. The number of hydrogen-bond acceptors (Lipinski definition) is 5. The average molecular weight is 503 g/mol. The van der Waals surface area contributed by atoms with Crippen LogP contribution in [0.25, 0.3) is 0 Å². The van der Waals surface area contributed by atoms with Crippen LogP contribution in [0.5, 0.6) is 0 Å². The van der Waals surface area contributed by atoms with Gasteiger partial charge in [0.15, 0.2) is 5.16 Å². The van der Waals surface area contributed by atoms with Gasteiger partial charge in [0.2, 0.25) is 5.91 Å². The Bertz CT molecular complexity index is 987. The molecule has 1 N–H and O–H groups in total. The molecule has 8 heteroatoms. The summed E-state index contributed by atoms with van der Waals surface area (Å²) in [4.78, 5) is 12.3. The van der Waals surface area contributed by atoms with Crippen molar-refractivity contribution in [3.8, 4) is 0 Å². The number of carbonyl (C=O) groups excluding carboxylic acids is 1. The Kier molecular flexibility index (Phi) is 8.60. The predicted molar refractivity (Wildman–Crippen MR) is 130 cm³/mol. The van der Waals surface area contributed by atoms with Crippen molar-refractivity contribution in [2.24, 2.45) is 0 Å². The largest absolute Gasteiger partial charge is 0.325 e. The number of aryl methyl sites for hydroxylation is 1. The van der Waals surface area contributed by atoms with Crippen LogP contribution < -0.4 is 5.32 Å². The second kappa shape index (κ2) is 11.4. The van der Waals surface area contributed by atoms with Crippen LogP contribution in [0.4, 0.5) is 5.69 Å². The summed E-state index contributed by atoms with van der Waals surface area (Å²) < 4.78 is 2.99. The molecule has 0 radical (unpaired) electrons. The van der Waals surface area contributed by atoms with Crippen molar-refractivity contribution < 1.29 is 4.79 Å². The summed E-state index contributed by atoms with van der Waals surface area (Å²) in [7, 11) is 0. The standard InChI is InChI=1S/C22H23BrN4OS2/c1-3-12-27-20(14-29-13-17-6-4-16(2)5-7-17)25-26-22(27)30-15-21(28)24-19-10-8-18(23)9-11-19/h3-11H,1,12-15H2,2H3,(H,24,28). The molecule has 30 heavy (non-hydrogen) atoms. The fourth-order valence-electron chi connectivity index (χ4n) is 2.65. The zero-order valence-corrected chi connectivity index (χ0v) is 19.9. The van der Waals surface area contributed by atoms with Crippen molar-refractivity contribution >= 4 is 51.0 Å². The summed E-state index contributed by atoms with van der Waals surface area (Å²) in [6, 6.07) is 16.1. The Morgan fingerprint density at radius 3 is 2.57 bits per heavy atom. The molecule has 1 amide bonds. The number of nitrogens with zero attached hydrogens (tertiary/aromatic N) is 3. The van der Waals surface area contributed by atoms with E-state index in [1.807, 2.05) is 34.9 Å². The van der Waals surface area contributed by atoms with Gasteiger partial charge in [-0.25, -0.2) is 0 Å². The highest BCUT2D eigenvalue weighted by Gasteiger charge is 2.14. The van der Waals surface area contributed by atoms with Gasteiger partial charge in [0.25, 0.3) is 0 Å². The fourth-order valence-corrected chi connectivity index (χ4v) is 4.61. The number of amides is 1. The molecule has 0 saturated carbocycles. The molecule has 3 rings (SSSR count). The number of rotatable bonds is 10. The summed E-state index contributed by atoms with van der Waals surface area (Å²) in [6.07, 6.45) is 1.82. The van der Waals surface area contributed by atoms with E-state index in [0.29, 0.717) is 6.54 Å². The van der Waals surface area contributed by atoms with Crippen LogP contribution in [0, 0.1) is 6.92 Å². The van der Waals surface area contributed by atoms with E-state index in [0.717, 1.165) is 32.6 Å². The van der Waals surface area contributed by atoms with Crippen molar-refractivity contribution in [1.82, 2.24) is 14.8 Å². The third kappa shape index (κ3) is 6.75. The van der Waals surface area contributed by atoms with Crippen LogP contribution in [0.3, 0.4) is 0 Å². The molecule has 0 aliphatic rings. The number of carbonyl (C=O) groups is 1. The molecule has 0 spiro atoms. The molecule has 1 heterocycles. The molecule has 0 fully saturated rings. The van der Waals surface area contributed by atoms with Crippen LogP contribution in [0.2, 0.25) is 0 Å². The minimum absolute atomic E-state index is 0.0780. The summed E-state index contributed by atoms with van der Waals surface area (Å²) in [5, 5.41) is 12.2. The van der Waals surface area contributed by atoms with Crippen molar-refractivity contribution in [3.05, 3.63) is 82.6 Å². The molecule has 156 valence electrons. The highest BCUT2D eigenvalue weighted by atomic mass is 79.9. The van der Waals surface area contributed by atoms with Gasteiger partial charge in [-0.05, 0) is 36.8 Å². The van der Waals surface area contributed by atoms with Crippen LogP contribution in [-0.2, 0) is 22.8 Å². The van der Waals surface area contributed by atoms with Crippen molar-refractivity contribution in [2.45, 2.75) is 30.1 Å². The summed E-state index contributed by atoms with van der Waals surface area (Å²) in [5.74, 6) is 2.75. The van der Waals surface area contributed by atoms with Gasteiger partial charge in [-0.1, -0.05) is 63.6 Å². The van der Waals surface area contributed by atoms with Gasteiger partial charge in [-0.2, -0.15) is 0 Å². The first kappa shape index (κ1) is 22.7. The van der Waals surface area contributed by atoms with E-state index < -0.39 is 0 Å². The first-order valence-electron chi connectivity index (χ1n) is 9.39. The molecule has 0 atom stereocenters. The van der Waals surface area contributed by atoms with Crippen molar-refractivity contribution in [2.75, 3.05) is 11.1 Å². The van der Waals surface area contributed by atoms with Crippen molar-refractivity contribution in [1.29, 1.82) is 0 Å². The van der Waals surface area contributed by atoms with Gasteiger partial charge in [0.05, 0.1) is 11.5 Å². The van der Waals surface area contributed by atoms with Crippen LogP contribution >= 0.6 is 39.5 Å². The lowest BCUT2D eigenvalue weighted by atomic mass is 10.2. The maximum Gasteiger partial charge on any atom is 0.234 e. The Morgan fingerprint density at radius 2 is 1.87 bits per heavy atom. The summed E-state index contributed by atoms with van der Waals surface area (Å²) >= 11 is 6.56. The Hall–Kier alpha value is -2.03. The molecule has 5 nitrogen and oxygen atoms in total. The quantitative estimate of drug-likeness (QED) is 0.284. The number of anilines is 1. The predicted octanol–water partition coefficient (Wildman–Crippen LogP) is 5.70. The number of nitrogens with one attached hydrogen (secondary N) is 1. The molecule has 3 aromatic rings. The van der Waals surface area contributed by atoms with Gasteiger partial charge >= 0.3 is 0 Å². The van der Waals surface area contributed by atoms with E-state index >= 15 is 0 Å². The number of halogens is 1. The zero-order chi connectivity index (χ0) is 21.3. The van der Waals surface area contributed by atoms with Gasteiger partial charge in [-0.3, -0.25) is 4.79 Å². The molecular weight excluding hydrogens is 480 g/mol. The lowest BCUT2D eigenvalue weighted by Crippen LogP contribution is -2.14. The first-order chi connectivity index (χ1) is 14.5. The monoisotopic (exact) mass is 502 g/mol. The van der Waals surface area contributed by atoms with Gasteiger partial charge < -0.3 is 9.88 Å². The second-order valence-corrected chi connectivity index (χ2v) is 9.46. The second-order valence-electron chi connectivity index (χ2n) is 6.62. The Balaban J connectivity index is 1.55. The van der Waals surface area contributed by atoms with Crippen LogP contribution in [0.15, 0.2) is 70.8 Å². The number of thioether (sulfide) groups is 2.